The smallest absolute Gasteiger partial charge is 0.311 e. The lowest BCUT2D eigenvalue weighted by Gasteiger charge is -2.47. The second kappa shape index (κ2) is 7.78. The summed E-state index contributed by atoms with van der Waals surface area (Å²) in [5.74, 6) is 0.0868. The van der Waals surface area contributed by atoms with Crippen molar-refractivity contribution < 1.29 is 14.3 Å². The summed E-state index contributed by atoms with van der Waals surface area (Å²) in [6.45, 7) is 7.92. The van der Waals surface area contributed by atoms with Gasteiger partial charge in [0.05, 0.1) is 18.6 Å². The summed E-state index contributed by atoms with van der Waals surface area (Å²) < 4.78 is 5.07. The summed E-state index contributed by atoms with van der Waals surface area (Å²) in [4.78, 5) is 29.7. The summed E-state index contributed by atoms with van der Waals surface area (Å²) in [5, 5.41) is 0. The van der Waals surface area contributed by atoms with E-state index >= 15 is 0 Å². The normalized spacial score (nSPS) is 23.0. The quantitative estimate of drug-likeness (QED) is 0.760. The maximum Gasteiger partial charge on any atom is 0.311 e. The van der Waals surface area contributed by atoms with Gasteiger partial charge in [0.15, 0.2) is 0 Å². The first-order chi connectivity index (χ1) is 12.5. The molecular formula is C21H30N2O3. The van der Waals surface area contributed by atoms with Crippen LogP contribution >= 0.6 is 0 Å². The first-order valence-corrected chi connectivity index (χ1v) is 9.61. The molecule has 1 aromatic rings. The molecule has 2 aliphatic rings. The van der Waals surface area contributed by atoms with Crippen LogP contribution in [0.2, 0.25) is 0 Å². The van der Waals surface area contributed by atoms with Crippen molar-refractivity contribution in [1.29, 1.82) is 0 Å². The molecule has 1 amide bonds. The summed E-state index contributed by atoms with van der Waals surface area (Å²) in [6, 6.07) is 10.0. The lowest BCUT2D eigenvalue weighted by atomic mass is 9.76. The molecule has 142 valence electrons. The zero-order valence-corrected chi connectivity index (χ0v) is 16.1. The molecule has 0 N–H and O–H groups in total. The number of amides is 1. The van der Waals surface area contributed by atoms with Gasteiger partial charge in [-0.1, -0.05) is 44.2 Å². The van der Waals surface area contributed by atoms with Crippen molar-refractivity contribution in [2.75, 3.05) is 26.7 Å². The van der Waals surface area contributed by atoms with Crippen molar-refractivity contribution in [3.05, 3.63) is 35.9 Å². The van der Waals surface area contributed by atoms with Gasteiger partial charge >= 0.3 is 5.97 Å². The highest BCUT2D eigenvalue weighted by Gasteiger charge is 2.56. The first kappa shape index (κ1) is 18.9. The molecular weight excluding hydrogens is 328 g/mol. The van der Waals surface area contributed by atoms with E-state index in [4.69, 9.17) is 4.74 Å². The number of esters is 1. The fourth-order valence-electron chi connectivity index (χ4n) is 4.63. The van der Waals surface area contributed by atoms with Crippen LogP contribution in [0, 0.1) is 11.8 Å². The lowest BCUT2D eigenvalue weighted by Crippen LogP contribution is -2.57. The highest BCUT2D eigenvalue weighted by atomic mass is 16.5. The van der Waals surface area contributed by atoms with Gasteiger partial charge in [-0.05, 0) is 24.3 Å². The first-order valence-electron chi connectivity index (χ1n) is 9.61. The maximum atomic E-state index is 12.8. The van der Waals surface area contributed by atoms with Gasteiger partial charge < -0.3 is 14.5 Å². The minimum absolute atomic E-state index is 0.0709. The number of nitrogens with zero attached hydrogens (tertiary/aromatic N) is 2. The Kier molecular flexibility index (Phi) is 5.66. The summed E-state index contributed by atoms with van der Waals surface area (Å²) >= 11 is 0. The molecule has 2 fully saturated rings. The van der Waals surface area contributed by atoms with Gasteiger partial charge in [0.25, 0.3) is 0 Å². The van der Waals surface area contributed by atoms with Gasteiger partial charge in [0, 0.05) is 32.6 Å². The molecule has 26 heavy (non-hydrogen) atoms. The summed E-state index contributed by atoms with van der Waals surface area (Å²) in [5.41, 5.74) is 0.698. The number of ether oxygens (including phenoxy) is 1. The van der Waals surface area contributed by atoms with Gasteiger partial charge in [-0.3, -0.25) is 9.59 Å². The number of piperidine rings is 1. The van der Waals surface area contributed by atoms with Crippen LogP contribution in [0.5, 0.6) is 0 Å². The summed E-state index contributed by atoms with van der Waals surface area (Å²) in [7, 11) is 1.42. The third-order valence-electron chi connectivity index (χ3n) is 5.88. The number of carbonyl (C=O) groups excluding carboxylic acids is 2. The van der Waals surface area contributed by atoms with E-state index in [1.54, 1.807) is 0 Å². The Balaban J connectivity index is 1.85. The molecule has 0 saturated carbocycles. The van der Waals surface area contributed by atoms with E-state index in [0.29, 0.717) is 12.5 Å². The Bertz CT molecular complexity index is 636. The van der Waals surface area contributed by atoms with Gasteiger partial charge in [-0.2, -0.15) is 0 Å². The third-order valence-corrected chi connectivity index (χ3v) is 5.88. The molecule has 1 unspecified atom stereocenters. The SMILES string of the molecule is COC(=O)C1CC(=O)N(Cc2ccccc2)C12CCN(CC(C)C)CC2. The van der Waals surface area contributed by atoms with E-state index in [1.165, 1.54) is 7.11 Å². The molecule has 5 heteroatoms. The Hall–Kier alpha value is -1.88. The van der Waals surface area contributed by atoms with Crippen molar-refractivity contribution in [3.63, 3.8) is 0 Å². The van der Waals surface area contributed by atoms with Gasteiger partial charge in [-0.25, -0.2) is 0 Å². The molecule has 0 bridgehead atoms. The highest BCUT2D eigenvalue weighted by Crippen LogP contribution is 2.45. The zero-order valence-electron chi connectivity index (χ0n) is 16.1. The van der Waals surface area contributed by atoms with Crippen LogP contribution in [0.1, 0.15) is 38.7 Å². The maximum absolute atomic E-state index is 12.8. The third kappa shape index (κ3) is 3.63. The molecule has 2 heterocycles. The van der Waals surface area contributed by atoms with Crippen LogP contribution < -0.4 is 0 Å². The van der Waals surface area contributed by atoms with E-state index < -0.39 is 5.54 Å². The van der Waals surface area contributed by atoms with Crippen molar-refractivity contribution in [2.24, 2.45) is 11.8 Å². The number of methoxy groups -OCH3 is 1. The minimum Gasteiger partial charge on any atom is -0.469 e. The molecule has 2 saturated heterocycles. The van der Waals surface area contributed by atoms with Crippen molar-refractivity contribution in [3.8, 4) is 0 Å². The molecule has 3 rings (SSSR count). The summed E-state index contributed by atoms with van der Waals surface area (Å²) in [6.07, 6.45) is 1.93. The van der Waals surface area contributed by atoms with Gasteiger partial charge in [-0.15, -0.1) is 0 Å². The van der Waals surface area contributed by atoms with E-state index in [9.17, 15) is 9.59 Å². The van der Waals surface area contributed by atoms with E-state index in [-0.39, 0.29) is 24.2 Å². The molecule has 2 aliphatic heterocycles. The Morgan fingerprint density at radius 1 is 1.23 bits per heavy atom. The molecule has 0 aliphatic carbocycles. The molecule has 1 atom stereocenters. The standard InChI is InChI=1S/C21H30N2O3/c1-16(2)14-22-11-9-21(10-12-22)18(20(25)26-3)13-19(24)23(21)15-17-7-5-4-6-8-17/h4-8,16,18H,9-15H2,1-3H3. The van der Waals surface area contributed by atoms with Crippen molar-refractivity contribution >= 4 is 11.9 Å². The minimum atomic E-state index is -0.409. The van der Waals surface area contributed by atoms with E-state index in [1.807, 2.05) is 35.2 Å². The predicted octanol–water partition coefficient (Wildman–Crippen LogP) is 2.70. The van der Waals surface area contributed by atoms with E-state index in [2.05, 4.69) is 18.7 Å². The molecule has 1 aromatic carbocycles. The van der Waals surface area contributed by atoms with E-state index in [0.717, 1.165) is 38.0 Å². The molecule has 1 spiro atoms. The van der Waals surface area contributed by atoms with Gasteiger partial charge in [0.2, 0.25) is 5.91 Å². The number of carbonyl (C=O) groups is 2. The second-order valence-corrected chi connectivity index (χ2v) is 8.04. The Morgan fingerprint density at radius 2 is 1.88 bits per heavy atom. The van der Waals surface area contributed by atoms with Gasteiger partial charge in [0.1, 0.15) is 0 Å². The molecule has 0 aromatic heterocycles. The fraction of sp³-hybridized carbons (Fsp3) is 0.619. The second-order valence-electron chi connectivity index (χ2n) is 8.04. The van der Waals surface area contributed by atoms with Crippen LogP contribution in [0.3, 0.4) is 0 Å². The average molecular weight is 358 g/mol. The van der Waals surface area contributed by atoms with Crippen LogP contribution in [0.4, 0.5) is 0 Å². The lowest BCUT2D eigenvalue weighted by molar-refractivity contribution is -0.150. The zero-order chi connectivity index (χ0) is 18.7. The topological polar surface area (TPSA) is 49.9 Å². The van der Waals surface area contributed by atoms with Crippen LogP contribution in [0.15, 0.2) is 30.3 Å². The highest BCUT2D eigenvalue weighted by molar-refractivity contribution is 5.89. The van der Waals surface area contributed by atoms with Crippen LogP contribution in [-0.4, -0.2) is 54.0 Å². The monoisotopic (exact) mass is 358 g/mol. The van der Waals surface area contributed by atoms with Crippen LogP contribution in [0.25, 0.3) is 0 Å². The number of rotatable bonds is 5. The number of benzene rings is 1. The Labute approximate surface area is 156 Å². The predicted molar refractivity (Wildman–Crippen MR) is 100 cm³/mol. The Morgan fingerprint density at radius 3 is 2.46 bits per heavy atom. The average Bonchev–Trinajstić information content (AvgIpc) is 2.89. The number of hydrogen-bond donors (Lipinski definition) is 0. The van der Waals surface area contributed by atoms with Crippen molar-refractivity contribution in [2.45, 2.75) is 45.2 Å². The number of hydrogen-bond acceptors (Lipinski definition) is 4. The largest absolute Gasteiger partial charge is 0.469 e. The van der Waals surface area contributed by atoms with Crippen molar-refractivity contribution in [1.82, 2.24) is 9.80 Å². The molecule has 5 nitrogen and oxygen atoms in total. The van der Waals surface area contributed by atoms with Crippen LogP contribution in [-0.2, 0) is 20.9 Å². The molecule has 0 radical (unpaired) electrons. The fourth-order valence-corrected chi connectivity index (χ4v) is 4.63. The number of likely N-dealkylation sites (tertiary alicyclic amines) is 2.